The lowest BCUT2D eigenvalue weighted by molar-refractivity contribution is -0.163. The number of rotatable bonds is 4. The van der Waals surface area contributed by atoms with Crippen LogP contribution in [0, 0.1) is 33.5 Å². The normalized spacial score (nSPS) is 40.9. The van der Waals surface area contributed by atoms with Crippen LogP contribution in [-0.2, 0) is 14.0 Å². The van der Waals surface area contributed by atoms with E-state index in [0.29, 0.717) is 11.8 Å². The van der Waals surface area contributed by atoms with Crippen molar-refractivity contribution in [2.24, 2.45) is 33.5 Å². The lowest BCUT2D eigenvalue weighted by atomic mass is 9.39. The summed E-state index contributed by atoms with van der Waals surface area (Å²) in [6.45, 7) is 28.5. The van der Waals surface area contributed by atoms with Gasteiger partial charge in [-0.1, -0.05) is 72.3 Å². The van der Waals surface area contributed by atoms with E-state index in [1.807, 2.05) is 0 Å². The molecule has 0 radical (unpaired) electrons. The molecule has 0 aromatic rings. The SMILES string of the molecule is C=C1CC[C@H]2[C@]3(C)CC=C4C(C)(C)C(OC(C)=O)CC[C@]4(CO[Si](C)(C)C(C)(C)C)[C@H]3CC[C@@]12C. The first-order valence-electron chi connectivity index (χ1n) is 14.1. The maximum Gasteiger partial charge on any atom is 0.302 e. The van der Waals surface area contributed by atoms with E-state index in [9.17, 15) is 4.79 Å². The minimum absolute atomic E-state index is 0.0217. The fourth-order valence-corrected chi connectivity index (χ4v) is 9.87. The zero-order valence-corrected chi connectivity index (χ0v) is 25.4. The first kappa shape index (κ1) is 27.2. The van der Waals surface area contributed by atoms with Crippen molar-refractivity contribution in [1.29, 1.82) is 0 Å². The summed E-state index contributed by atoms with van der Waals surface area (Å²) in [5.41, 5.74) is 3.39. The van der Waals surface area contributed by atoms with Gasteiger partial charge in [0, 0.05) is 24.4 Å². The van der Waals surface area contributed by atoms with Crippen LogP contribution in [0.25, 0.3) is 0 Å². The van der Waals surface area contributed by atoms with Crippen molar-refractivity contribution in [2.45, 2.75) is 125 Å². The van der Waals surface area contributed by atoms with Crippen LogP contribution in [-0.4, -0.2) is 27.0 Å². The van der Waals surface area contributed by atoms with E-state index in [2.05, 4.69) is 74.2 Å². The summed E-state index contributed by atoms with van der Waals surface area (Å²) in [4.78, 5) is 12.0. The molecular weight excluding hydrogens is 448 g/mol. The van der Waals surface area contributed by atoms with Gasteiger partial charge in [0.25, 0.3) is 0 Å². The smallest absolute Gasteiger partial charge is 0.302 e. The van der Waals surface area contributed by atoms with Gasteiger partial charge in [0.05, 0.1) is 0 Å². The Labute approximate surface area is 216 Å². The average Bonchev–Trinajstić information content (AvgIpc) is 3.03. The molecule has 4 rings (SSSR count). The molecule has 3 fully saturated rings. The predicted molar refractivity (Wildman–Crippen MR) is 148 cm³/mol. The van der Waals surface area contributed by atoms with Crippen molar-refractivity contribution >= 4 is 14.3 Å². The van der Waals surface area contributed by atoms with Crippen molar-refractivity contribution in [1.82, 2.24) is 0 Å². The summed E-state index contributed by atoms with van der Waals surface area (Å²) < 4.78 is 13.1. The van der Waals surface area contributed by atoms with Crippen LogP contribution in [0.4, 0.5) is 0 Å². The topological polar surface area (TPSA) is 35.5 Å². The Balaban J connectivity index is 1.80. The minimum Gasteiger partial charge on any atom is -0.462 e. The lowest BCUT2D eigenvalue weighted by Gasteiger charge is -2.66. The van der Waals surface area contributed by atoms with Crippen LogP contribution in [0.1, 0.15) is 100 Å². The molecule has 0 aromatic heterocycles. The van der Waals surface area contributed by atoms with Gasteiger partial charge in [0.1, 0.15) is 6.10 Å². The fourth-order valence-electron chi connectivity index (χ4n) is 8.82. The zero-order chi connectivity index (χ0) is 26.2. The quantitative estimate of drug-likeness (QED) is 0.221. The molecule has 0 aliphatic heterocycles. The lowest BCUT2D eigenvalue weighted by Crippen LogP contribution is -2.61. The molecule has 0 bridgehead atoms. The molecule has 198 valence electrons. The molecule has 3 saturated carbocycles. The first-order valence-corrected chi connectivity index (χ1v) is 17.0. The van der Waals surface area contributed by atoms with Gasteiger partial charge in [-0.25, -0.2) is 0 Å². The number of carbonyl (C=O) groups is 1. The molecule has 6 atom stereocenters. The van der Waals surface area contributed by atoms with Crippen LogP contribution in [0.15, 0.2) is 23.8 Å². The Morgan fingerprint density at radius 3 is 2.34 bits per heavy atom. The van der Waals surface area contributed by atoms with Crippen LogP contribution in [0.5, 0.6) is 0 Å². The Kier molecular flexibility index (Phi) is 6.45. The van der Waals surface area contributed by atoms with Crippen molar-refractivity contribution in [3.63, 3.8) is 0 Å². The summed E-state index contributed by atoms with van der Waals surface area (Å²) in [5.74, 6) is 1.13. The fraction of sp³-hybridized carbons (Fsp3) is 0.839. The van der Waals surface area contributed by atoms with Crippen molar-refractivity contribution in [2.75, 3.05) is 6.61 Å². The van der Waals surface area contributed by atoms with E-state index in [1.54, 1.807) is 6.92 Å². The molecule has 0 heterocycles. The second kappa shape index (κ2) is 8.31. The van der Waals surface area contributed by atoms with E-state index in [-0.39, 0.29) is 38.8 Å². The van der Waals surface area contributed by atoms with E-state index in [1.165, 1.54) is 36.8 Å². The summed E-state index contributed by atoms with van der Waals surface area (Å²) in [5, 5.41) is 0.185. The molecule has 0 amide bonds. The molecule has 0 N–H and O–H groups in total. The number of esters is 1. The van der Waals surface area contributed by atoms with E-state index >= 15 is 0 Å². The van der Waals surface area contributed by atoms with E-state index in [0.717, 1.165) is 25.9 Å². The summed E-state index contributed by atoms with van der Waals surface area (Å²) in [6, 6.07) is 0. The second-order valence-electron chi connectivity index (χ2n) is 15.1. The number of allylic oxidation sites excluding steroid dienone is 2. The second-order valence-corrected chi connectivity index (χ2v) is 19.9. The molecule has 1 unspecified atom stereocenters. The highest BCUT2D eigenvalue weighted by molar-refractivity contribution is 6.74. The molecule has 4 aliphatic carbocycles. The highest BCUT2D eigenvalue weighted by atomic mass is 28.4. The third-order valence-corrected chi connectivity index (χ3v) is 16.4. The Bertz CT molecular complexity index is 924. The van der Waals surface area contributed by atoms with Gasteiger partial charge >= 0.3 is 5.97 Å². The largest absolute Gasteiger partial charge is 0.462 e. The summed E-state index contributed by atoms with van der Waals surface area (Å²) in [6.07, 6.45) is 10.6. The Hall–Kier alpha value is -0.873. The molecule has 4 aliphatic rings. The molecule has 35 heavy (non-hydrogen) atoms. The van der Waals surface area contributed by atoms with Crippen molar-refractivity contribution < 1.29 is 14.0 Å². The monoisotopic (exact) mass is 500 g/mol. The number of hydrogen-bond acceptors (Lipinski definition) is 3. The van der Waals surface area contributed by atoms with Crippen LogP contribution in [0.3, 0.4) is 0 Å². The molecule has 0 saturated heterocycles. The number of carbonyl (C=O) groups excluding carboxylic acids is 1. The van der Waals surface area contributed by atoms with Crippen LogP contribution in [0.2, 0.25) is 18.1 Å². The maximum atomic E-state index is 12.0. The highest BCUT2D eigenvalue weighted by Crippen LogP contribution is 2.72. The number of fused-ring (bicyclic) bond motifs is 5. The van der Waals surface area contributed by atoms with Crippen molar-refractivity contribution in [3.8, 4) is 0 Å². The molecule has 0 spiro atoms. The molecule has 0 aromatic carbocycles. The number of ether oxygens (including phenoxy) is 1. The van der Waals surface area contributed by atoms with Gasteiger partial charge in [-0.15, -0.1) is 0 Å². The maximum absolute atomic E-state index is 12.0. The third-order valence-electron chi connectivity index (χ3n) is 12.0. The molecule has 3 nitrogen and oxygen atoms in total. The van der Waals surface area contributed by atoms with Gasteiger partial charge in [-0.3, -0.25) is 4.79 Å². The standard InChI is InChI=1S/C31H52O3Si/c1-21-12-13-24-29(21,8)17-15-25-30(24,9)18-14-23-28(6,7)26(34-22(2)32)16-19-31(23,25)20-33-35(10,11)27(3,4)5/h14,24-26H,1,12-13,15-20H2,2-11H3/t24-,25+,26?,29+,30+,31-/m1/s1. The van der Waals surface area contributed by atoms with Gasteiger partial charge in [-0.05, 0) is 85.7 Å². The van der Waals surface area contributed by atoms with Crippen molar-refractivity contribution in [3.05, 3.63) is 23.8 Å². The van der Waals surface area contributed by atoms with Crippen LogP contribution < -0.4 is 0 Å². The van der Waals surface area contributed by atoms with Crippen LogP contribution >= 0.6 is 0 Å². The van der Waals surface area contributed by atoms with Gasteiger partial charge in [0.15, 0.2) is 8.32 Å². The van der Waals surface area contributed by atoms with Gasteiger partial charge < -0.3 is 9.16 Å². The Morgan fingerprint density at radius 2 is 1.74 bits per heavy atom. The minimum atomic E-state index is -1.92. The predicted octanol–water partition coefficient (Wildman–Crippen LogP) is 8.47. The average molecular weight is 501 g/mol. The zero-order valence-electron chi connectivity index (χ0n) is 24.4. The first-order chi connectivity index (χ1) is 15.9. The van der Waals surface area contributed by atoms with Gasteiger partial charge in [0.2, 0.25) is 0 Å². The molecule has 4 heteroatoms. The van der Waals surface area contributed by atoms with E-state index in [4.69, 9.17) is 9.16 Å². The number of hydrogen-bond donors (Lipinski definition) is 0. The summed E-state index contributed by atoms with van der Waals surface area (Å²) in [7, 11) is -1.92. The van der Waals surface area contributed by atoms with Gasteiger partial charge in [-0.2, -0.15) is 0 Å². The third kappa shape index (κ3) is 3.95. The highest BCUT2D eigenvalue weighted by Gasteiger charge is 2.66. The van der Waals surface area contributed by atoms with E-state index < -0.39 is 8.32 Å². The summed E-state index contributed by atoms with van der Waals surface area (Å²) >= 11 is 0. The molecular formula is C31H52O3Si. The Morgan fingerprint density at radius 1 is 1.09 bits per heavy atom.